The lowest BCUT2D eigenvalue weighted by Crippen LogP contribution is -2.50. The van der Waals surface area contributed by atoms with Crippen molar-refractivity contribution in [3.63, 3.8) is 0 Å². The lowest BCUT2D eigenvalue weighted by Gasteiger charge is -2.27. The van der Waals surface area contributed by atoms with Crippen molar-refractivity contribution in [1.82, 2.24) is 5.32 Å². The van der Waals surface area contributed by atoms with Crippen LogP contribution in [0.4, 0.5) is 0 Å². The first-order valence-electron chi connectivity index (χ1n) is 7.33. The summed E-state index contributed by atoms with van der Waals surface area (Å²) in [6.45, 7) is 6.71. The van der Waals surface area contributed by atoms with Gasteiger partial charge in [0.15, 0.2) is 0 Å². The fraction of sp³-hybridized carbons (Fsp3) is 0.562. The van der Waals surface area contributed by atoms with Crippen molar-refractivity contribution in [3.05, 3.63) is 30.3 Å². The standard InChI is InChI=1S/C16H26N2OS/c1-4-14(20-13-10-8-7-9-11-13)15(19)18-12-16(17,5-2)6-3/h7-11,14H,4-6,12,17H2,1-3H3,(H,18,19). The number of amides is 1. The van der Waals surface area contributed by atoms with E-state index in [1.54, 1.807) is 11.8 Å². The van der Waals surface area contributed by atoms with Gasteiger partial charge in [0.2, 0.25) is 5.91 Å². The molecule has 0 saturated carbocycles. The van der Waals surface area contributed by atoms with Gasteiger partial charge < -0.3 is 11.1 Å². The molecule has 3 nitrogen and oxygen atoms in total. The first-order valence-corrected chi connectivity index (χ1v) is 8.21. The van der Waals surface area contributed by atoms with Crippen molar-refractivity contribution in [2.24, 2.45) is 5.73 Å². The SMILES string of the molecule is CCC(Sc1ccccc1)C(=O)NCC(N)(CC)CC. The molecule has 0 aliphatic carbocycles. The zero-order chi connectivity index (χ0) is 15.0. The molecule has 0 fully saturated rings. The third kappa shape index (κ3) is 5.17. The van der Waals surface area contributed by atoms with Crippen LogP contribution in [0.2, 0.25) is 0 Å². The molecule has 0 spiro atoms. The summed E-state index contributed by atoms with van der Waals surface area (Å²) >= 11 is 1.61. The Labute approximate surface area is 126 Å². The molecule has 112 valence electrons. The number of benzene rings is 1. The minimum absolute atomic E-state index is 0.0598. The fourth-order valence-electron chi connectivity index (χ4n) is 1.86. The van der Waals surface area contributed by atoms with Crippen molar-refractivity contribution < 1.29 is 4.79 Å². The summed E-state index contributed by atoms with van der Waals surface area (Å²) in [7, 11) is 0. The first-order chi connectivity index (χ1) is 9.54. The van der Waals surface area contributed by atoms with E-state index in [1.807, 2.05) is 37.3 Å². The highest BCUT2D eigenvalue weighted by atomic mass is 32.2. The van der Waals surface area contributed by atoms with Crippen molar-refractivity contribution in [2.45, 2.75) is 55.7 Å². The molecule has 0 saturated heterocycles. The number of carbonyl (C=O) groups excluding carboxylic acids is 1. The Hall–Kier alpha value is -1.00. The maximum atomic E-state index is 12.3. The molecular formula is C16H26N2OS. The van der Waals surface area contributed by atoms with Gasteiger partial charge in [0.1, 0.15) is 0 Å². The van der Waals surface area contributed by atoms with Crippen LogP contribution in [0.1, 0.15) is 40.0 Å². The Morgan fingerprint density at radius 1 is 1.25 bits per heavy atom. The van der Waals surface area contributed by atoms with Crippen LogP contribution in [0.5, 0.6) is 0 Å². The third-order valence-electron chi connectivity index (χ3n) is 3.71. The van der Waals surface area contributed by atoms with Crippen molar-refractivity contribution in [3.8, 4) is 0 Å². The molecule has 1 amide bonds. The molecule has 20 heavy (non-hydrogen) atoms. The normalized spacial score (nSPS) is 13.0. The molecule has 0 heterocycles. The minimum Gasteiger partial charge on any atom is -0.353 e. The van der Waals surface area contributed by atoms with E-state index in [2.05, 4.69) is 19.2 Å². The maximum absolute atomic E-state index is 12.3. The summed E-state index contributed by atoms with van der Waals surface area (Å²) in [5, 5.41) is 2.95. The minimum atomic E-state index is -0.286. The summed E-state index contributed by atoms with van der Waals surface area (Å²) in [6.07, 6.45) is 2.54. The highest BCUT2D eigenvalue weighted by molar-refractivity contribution is 8.00. The van der Waals surface area contributed by atoms with Gasteiger partial charge in [-0.2, -0.15) is 0 Å². The van der Waals surface area contributed by atoms with Crippen molar-refractivity contribution >= 4 is 17.7 Å². The summed E-state index contributed by atoms with van der Waals surface area (Å²) in [5.74, 6) is 0.0816. The second-order valence-electron chi connectivity index (χ2n) is 5.12. The van der Waals surface area contributed by atoms with Crippen LogP contribution in [0.3, 0.4) is 0 Å². The number of nitrogens with two attached hydrogens (primary N) is 1. The van der Waals surface area contributed by atoms with Crippen LogP contribution in [0.15, 0.2) is 35.2 Å². The van der Waals surface area contributed by atoms with Crippen LogP contribution >= 0.6 is 11.8 Å². The van der Waals surface area contributed by atoms with Gasteiger partial charge in [-0.3, -0.25) is 4.79 Å². The second-order valence-corrected chi connectivity index (χ2v) is 6.39. The molecule has 1 aromatic rings. The molecule has 0 aliphatic heterocycles. The van der Waals surface area contributed by atoms with E-state index in [9.17, 15) is 4.79 Å². The van der Waals surface area contributed by atoms with Crippen LogP contribution < -0.4 is 11.1 Å². The summed E-state index contributed by atoms with van der Waals surface area (Å²) in [5.41, 5.74) is 5.93. The van der Waals surface area contributed by atoms with E-state index in [-0.39, 0.29) is 16.7 Å². The molecule has 0 aromatic heterocycles. The van der Waals surface area contributed by atoms with E-state index < -0.39 is 0 Å². The van der Waals surface area contributed by atoms with Crippen LogP contribution in [-0.4, -0.2) is 23.2 Å². The molecule has 3 N–H and O–H groups in total. The molecule has 1 aromatic carbocycles. The highest BCUT2D eigenvalue weighted by Crippen LogP contribution is 2.25. The van der Waals surface area contributed by atoms with E-state index in [4.69, 9.17) is 5.73 Å². The molecule has 1 atom stereocenters. The van der Waals surface area contributed by atoms with Crippen LogP contribution in [0.25, 0.3) is 0 Å². The predicted molar refractivity (Wildman–Crippen MR) is 86.9 cm³/mol. The molecule has 0 aliphatic rings. The quantitative estimate of drug-likeness (QED) is 0.724. The number of carbonyl (C=O) groups is 1. The van der Waals surface area contributed by atoms with Gasteiger partial charge in [0.25, 0.3) is 0 Å². The van der Waals surface area contributed by atoms with Gasteiger partial charge >= 0.3 is 0 Å². The lowest BCUT2D eigenvalue weighted by atomic mass is 9.94. The van der Waals surface area contributed by atoms with Crippen molar-refractivity contribution in [1.29, 1.82) is 0 Å². The van der Waals surface area contributed by atoms with Gasteiger partial charge in [0.05, 0.1) is 5.25 Å². The number of hydrogen-bond donors (Lipinski definition) is 2. The lowest BCUT2D eigenvalue weighted by molar-refractivity contribution is -0.120. The van der Waals surface area contributed by atoms with Gasteiger partial charge in [-0.05, 0) is 31.4 Å². The Kier molecular flexibility index (Phi) is 7.10. The van der Waals surface area contributed by atoms with Crippen LogP contribution in [0, 0.1) is 0 Å². The van der Waals surface area contributed by atoms with E-state index in [0.29, 0.717) is 6.54 Å². The molecule has 0 radical (unpaired) electrons. The van der Waals surface area contributed by atoms with Gasteiger partial charge in [-0.1, -0.05) is 39.0 Å². The molecule has 1 unspecified atom stereocenters. The zero-order valence-electron chi connectivity index (χ0n) is 12.7. The van der Waals surface area contributed by atoms with Gasteiger partial charge in [-0.15, -0.1) is 11.8 Å². The largest absolute Gasteiger partial charge is 0.353 e. The Bertz CT molecular complexity index is 404. The van der Waals surface area contributed by atoms with Crippen LogP contribution in [-0.2, 0) is 4.79 Å². The zero-order valence-corrected chi connectivity index (χ0v) is 13.5. The highest BCUT2D eigenvalue weighted by Gasteiger charge is 2.24. The van der Waals surface area contributed by atoms with E-state index >= 15 is 0 Å². The first kappa shape index (κ1) is 17.1. The average Bonchev–Trinajstić information content (AvgIpc) is 2.51. The number of nitrogens with one attached hydrogen (secondary N) is 1. The summed E-state index contributed by atoms with van der Waals surface area (Å²) in [4.78, 5) is 13.4. The van der Waals surface area contributed by atoms with Gasteiger partial charge in [-0.25, -0.2) is 0 Å². The summed E-state index contributed by atoms with van der Waals surface area (Å²) < 4.78 is 0. The smallest absolute Gasteiger partial charge is 0.233 e. The number of hydrogen-bond acceptors (Lipinski definition) is 3. The van der Waals surface area contributed by atoms with E-state index in [0.717, 1.165) is 24.2 Å². The summed E-state index contributed by atoms with van der Waals surface area (Å²) in [6, 6.07) is 10.0. The fourth-order valence-corrected chi connectivity index (χ4v) is 2.86. The molecule has 0 bridgehead atoms. The number of thioether (sulfide) groups is 1. The maximum Gasteiger partial charge on any atom is 0.233 e. The van der Waals surface area contributed by atoms with Crippen molar-refractivity contribution in [2.75, 3.05) is 6.54 Å². The van der Waals surface area contributed by atoms with E-state index in [1.165, 1.54) is 0 Å². The second kappa shape index (κ2) is 8.32. The average molecular weight is 294 g/mol. The monoisotopic (exact) mass is 294 g/mol. The Balaban J connectivity index is 2.55. The predicted octanol–water partition coefficient (Wildman–Crippen LogP) is 3.19. The topological polar surface area (TPSA) is 55.1 Å². The molecule has 4 heteroatoms. The Morgan fingerprint density at radius 2 is 1.85 bits per heavy atom. The molecule has 1 rings (SSSR count). The number of rotatable bonds is 8. The third-order valence-corrected chi connectivity index (χ3v) is 5.08. The molecular weight excluding hydrogens is 268 g/mol. The van der Waals surface area contributed by atoms with Gasteiger partial charge in [0, 0.05) is 17.0 Å². The Morgan fingerprint density at radius 3 is 2.35 bits per heavy atom.